The maximum atomic E-state index is 13.8. The summed E-state index contributed by atoms with van der Waals surface area (Å²) in [6, 6.07) is 19.9. The Balaban J connectivity index is 0.837. The molecule has 0 bridgehead atoms. The van der Waals surface area contributed by atoms with E-state index in [2.05, 4.69) is 71.6 Å². The Morgan fingerprint density at radius 2 is 1.14 bits per heavy atom. The minimum atomic E-state index is -1.79. The van der Waals surface area contributed by atoms with Crippen molar-refractivity contribution >= 4 is 44.0 Å². The fraction of sp³-hybridized carbons (Fsp3) is 0.395. The highest BCUT2D eigenvalue weighted by atomic mass is 19.2. The molecular formula is C38H41F4NO7. The molecule has 5 aromatic carbocycles. The maximum absolute atomic E-state index is 13.8. The average Bonchev–Trinajstić information content (AvgIpc) is 3.12. The van der Waals surface area contributed by atoms with E-state index in [0.29, 0.717) is 39.6 Å². The van der Waals surface area contributed by atoms with E-state index in [1.807, 2.05) is 0 Å². The molecule has 0 spiro atoms. The molecule has 1 unspecified atom stereocenters. The monoisotopic (exact) mass is 699 g/mol. The molecule has 5 rings (SSSR count). The van der Waals surface area contributed by atoms with Crippen LogP contribution in [-0.4, -0.2) is 78.1 Å². The van der Waals surface area contributed by atoms with Crippen LogP contribution >= 0.6 is 0 Å². The predicted molar refractivity (Wildman–Crippen MR) is 183 cm³/mol. The SMILES string of the molecule is Cc1c(F)c(F)c(OC(=O)COCCOCCOCCOCCOCCCC(C)Nc2ccc3ccc4cccc5ccc2c3c45)c(F)c1F. The molecule has 0 heterocycles. The fourth-order valence-electron chi connectivity index (χ4n) is 5.68. The smallest absolute Gasteiger partial charge is 0.337 e. The second-order valence-corrected chi connectivity index (χ2v) is 11.8. The fourth-order valence-corrected chi connectivity index (χ4v) is 5.68. The summed E-state index contributed by atoms with van der Waals surface area (Å²) < 4.78 is 86.2. The van der Waals surface area contributed by atoms with Gasteiger partial charge in [0.1, 0.15) is 6.61 Å². The Kier molecular flexibility index (Phi) is 13.6. The zero-order valence-electron chi connectivity index (χ0n) is 28.1. The van der Waals surface area contributed by atoms with Crippen LogP contribution in [0.5, 0.6) is 5.75 Å². The number of anilines is 1. The Morgan fingerprint density at radius 3 is 1.74 bits per heavy atom. The lowest BCUT2D eigenvalue weighted by atomic mass is 9.93. The summed E-state index contributed by atoms with van der Waals surface area (Å²) in [5.74, 6) is -9.53. The van der Waals surface area contributed by atoms with Crippen LogP contribution in [0.25, 0.3) is 32.3 Å². The first-order chi connectivity index (χ1) is 24.3. The van der Waals surface area contributed by atoms with Crippen LogP contribution in [-0.2, 0) is 28.5 Å². The highest BCUT2D eigenvalue weighted by molar-refractivity contribution is 6.25. The third-order valence-electron chi connectivity index (χ3n) is 8.22. The normalized spacial score (nSPS) is 12.4. The van der Waals surface area contributed by atoms with Gasteiger partial charge < -0.3 is 33.7 Å². The van der Waals surface area contributed by atoms with Crippen LogP contribution in [0.2, 0.25) is 0 Å². The summed E-state index contributed by atoms with van der Waals surface area (Å²) in [6.45, 7) is 5.40. The predicted octanol–water partition coefficient (Wildman–Crippen LogP) is 7.72. The molecule has 8 nitrogen and oxygen atoms in total. The number of benzene rings is 5. The molecule has 0 aromatic heterocycles. The zero-order valence-corrected chi connectivity index (χ0v) is 28.1. The largest absolute Gasteiger partial charge is 0.418 e. The minimum Gasteiger partial charge on any atom is -0.418 e. The molecule has 0 aliphatic rings. The van der Waals surface area contributed by atoms with Gasteiger partial charge in [-0.15, -0.1) is 0 Å². The molecule has 0 radical (unpaired) electrons. The third kappa shape index (κ3) is 9.37. The highest BCUT2D eigenvalue weighted by Crippen LogP contribution is 2.38. The molecule has 50 heavy (non-hydrogen) atoms. The number of carbonyl (C=O) groups excluding carboxylic acids is 1. The van der Waals surface area contributed by atoms with E-state index in [0.717, 1.165) is 25.5 Å². The number of halogens is 4. The number of esters is 1. The van der Waals surface area contributed by atoms with Gasteiger partial charge in [-0.3, -0.25) is 0 Å². The summed E-state index contributed by atoms with van der Waals surface area (Å²) in [6.07, 6.45) is 1.90. The molecule has 0 amide bonds. The average molecular weight is 700 g/mol. The number of hydrogen-bond donors (Lipinski definition) is 1. The highest BCUT2D eigenvalue weighted by Gasteiger charge is 2.26. The summed E-state index contributed by atoms with van der Waals surface area (Å²) in [5, 5.41) is 11.3. The quantitative estimate of drug-likeness (QED) is 0.0208. The van der Waals surface area contributed by atoms with Crippen molar-refractivity contribution in [1.29, 1.82) is 0 Å². The van der Waals surface area contributed by atoms with Gasteiger partial charge in [-0.1, -0.05) is 48.5 Å². The van der Waals surface area contributed by atoms with E-state index in [1.165, 1.54) is 32.3 Å². The summed E-state index contributed by atoms with van der Waals surface area (Å²) >= 11 is 0. The standard InChI is InChI=1S/C38H41F4NO7/c1-24(43-30-13-11-28-9-8-26-6-3-7-27-10-12-29(30)33(28)32(26)27)5-4-14-45-15-16-46-17-18-47-19-20-48-21-22-49-23-31(44)50-38-36(41)34(39)25(2)35(40)37(38)42/h3,6-13,24,43H,4-5,14-23H2,1-2H3. The van der Waals surface area contributed by atoms with Crippen molar-refractivity contribution in [3.8, 4) is 5.75 Å². The molecule has 0 saturated carbocycles. The van der Waals surface area contributed by atoms with Crippen LogP contribution in [0.15, 0.2) is 54.6 Å². The van der Waals surface area contributed by atoms with E-state index in [4.69, 9.17) is 23.7 Å². The molecule has 268 valence electrons. The molecule has 5 aromatic rings. The maximum Gasteiger partial charge on any atom is 0.337 e. The summed E-state index contributed by atoms with van der Waals surface area (Å²) in [7, 11) is 0. The van der Waals surface area contributed by atoms with Crippen molar-refractivity contribution in [2.24, 2.45) is 0 Å². The van der Waals surface area contributed by atoms with Gasteiger partial charge in [0.15, 0.2) is 11.6 Å². The lowest BCUT2D eigenvalue weighted by molar-refractivity contribution is -0.140. The Labute approximate surface area is 287 Å². The molecule has 0 aliphatic carbocycles. The first-order valence-corrected chi connectivity index (χ1v) is 16.6. The molecule has 1 atom stereocenters. The Bertz CT molecular complexity index is 1830. The van der Waals surface area contributed by atoms with Crippen molar-refractivity contribution in [3.05, 3.63) is 83.4 Å². The van der Waals surface area contributed by atoms with E-state index < -0.39 is 47.2 Å². The van der Waals surface area contributed by atoms with E-state index in [9.17, 15) is 22.4 Å². The molecule has 0 saturated heterocycles. The van der Waals surface area contributed by atoms with E-state index in [1.54, 1.807) is 0 Å². The third-order valence-corrected chi connectivity index (χ3v) is 8.22. The number of ether oxygens (including phenoxy) is 6. The molecule has 0 aliphatic heterocycles. The first-order valence-electron chi connectivity index (χ1n) is 16.6. The number of carbonyl (C=O) groups is 1. The topological polar surface area (TPSA) is 84.5 Å². The van der Waals surface area contributed by atoms with Gasteiger partial charge in [-0.05, 0) is 59.7 Å². The van der Waals surface area contributed by atoms with Gasteiger partial charge in [0.05, 0.1) is 52.9 Å². The molecular weight excluding hydrogens is 658 g/mol. The van der Waals surface area contributed by atoms with Crippen molar-refractivity contribution in [2.75, 3.05) is 71.4 Å². The lowest BCUT2D eigenvalue weighted by Crippen LogP contribution is -2.20. The van der Waals surface area contributed by atoms with E-state index in [-0.39, 0.29) is 25.9 Å². The molecule has 0 fully saturated rings. The number of rotatable bonds is 21. The van der Waals surface area contributed by atoms with Gasteiger partial charge >= 0.3 is 5.97 Å². The van der Waals surface area contributed by atoms with Gasteiger partial charge in [0.2, 0.25) is 17.4 Å². The van der Waals surface area contributed by atoms with Crippen molar-refractivity contribution in [3.63, 3.8) is 0 Å². The van der Waals surface area contributed by atoms with Gasteiger partial charge in [0, 0.05) is 29.3 Å². The van der Waals surface area contributed by atoms with Crippen molar-refractivity contribution in [2.45, 2.75) is 32.7 Å². The van der Waals surface area contributed by atoms with Crippen LogP contribution in [0.3, 0.4) is 0 Å². The first kappa shape index (κ1) is 37.2. The minimum absolute atomic E-state index is 0.0312. The Hall–Kier alpha value is -4.07. The number of hydrogen-bond acceptors (Lipinski definition) is 8. The lowest BCUT2D eigenvalue weighted by Gasteiger charge is -2.19. The summed E-state index contributed by atoms with van der Waals surface area (Å²) in [4.78, 5) is 11.7. The number of nitrogens with one attached hydrogen (secondary N) is 1. The van der Waals surface area contributed by atoms with Crippen molar-refractivity contribution in [1.82, 2.24) is 0 Å². The zero-order chi connectivity index (χ0) is 35.5. The van der Waals surface area contributed by atoms with Gasteiger partial charge in [0.25, 0.3) is 0 Å². The van der Waals surface area contributed by atoms with E-state index >= 15 is 0 Å². The van der Waals surface area contributed by atoms with Crippen LogP contribution in [0.4, 0.5) is 23.2 Å². The second-order valence-electron chi connectivity index (χ2n) is 11.8. The second kappa shape index (κ2) is 18.2. The molecule has 1 N–H and O–H groups in total. The van der Waals surface area contributed by atoms with Gasteiger partial charge in [-0.2, -0.15) is 8.78 Å². The Morgan fingerprint density at radius 1 is 0.640 bits per heavy atom. The van der Waals surface area contributed by atoms with Crippen LogP contribution in [0.1, 0.15) is 25.3 Å². The van der Waals surface area contributed by atoms with Gasteiger partial charge in [-0.25, -0.2) is 13.6 Å². The summed E-state index contributed by atoms with van der Waals surface area (Å²) in [5.41, 5.74) is 0.293. The van der Waals surface area contributed by atoms with Crippen LogP contribution in [0, 0.1) is 30.2 Å². The molecule has 12 heteroatoms. The van der Waals surface area contributed by atoms with Crippen molar-refractivity contribution < 1.29 is 50.8 Å². The van der Waals surface area contributed by atoms with Crippen LogP contribution < -0.4 is 10.1 Å².